The van der Waals surface area contributed by atoms with E-state index >= 15 is 0 Å². The van der Waals surface area contributed by atoms with Crippen molar-refractivity contribution in [3.8, 4) is 27.8 Å². The molecule has 0 atom stereocenters. The second-order valence-electron chi connectivity index (χ2n) is 5.68. The summed E-state index contributed by atoms with van der Waals surface area (Å²) in [7, 11) is 0. The van der Waals surface area contributed by atoms with E-state index in [2.05, 4.69) is 31.4 Å². The van der Waals surface area contributed by atoms with E-state index in [4.69, 9.17) is 12.2 Å². The second kappa shape index (κ2) is 6.01. The van der Waals surface area contributed by atoms with Gasteiger partial charge in [-0.1, -0.05) is 12.1 Å². The summed E-state index contributed by atoms with van der Waals surface area (Å²) in [6.45, 7) is 0. The van der Waals surface area contributed by atoms with Gasteiger partial charge in [-0.2, -0.15) is 10.2 Å². The van der Waals surface area contributed by atoms with Crippen LogP contribution in [0.3, 0.4) is 0 Å². The fraction of sp³-hybridized carbons (Fsp3) is 0. The molecule has 0 aliphatic heterocycles. The van der Waals surface area contributed by atoms with Gasteiger partial charge in [-0.25, -0.2) is 0 Å². The number of thiophene rings is 1. The summed E-state index contributed by atoms with van der Waals surface area (Å²) in [6.07, 6.45) is 1.78. The Hall–Kier alpha value is -3.10. The van der Waals surface area contributed by atoms with Crippen LogP contribution in [0.1, 0.15) is 0 Å². The van der Waals surface area contributed by atoms with E-state index in [0.29, 0.717) is 10.6 Å². The van der Waals surface area contributed by atoms with Crippen molar-refractivity contribution in [2.24, 2.45) is 0 Å². The minimum absolute atomic E-state index is 0.511. The van der Waals surface area contributed by atoms with Crippen LogP contribution in [-0.2, 0) is 0 Å². The Bertz CT molecular complexity index is 1260. The molecule has 0 bridgehead atoms. The van der Waals surface area contributed by atoms with Gasteiger partial charge in [-0.3, -0.25) is 19.7 Å². The average molecular weight is 376 g/mol. The number of benzene rings is 1. The van der Waals surface area contributed by atoms with E-state index in [-0.39, 0.29) is 0 Å². The van der Waals surface area contributed by atoms with Crippen LogP contribution in [0.4, 0.5) is 0 Å². The SMILES string of the molecule is S=c1[nH]nc(-c2cc(-c3cccs3)[nH]n2)n1-c1cccc2ncccc12. The number of nitrogens with one attached hydrogen (secondary N) is 2. The van der Waals surface area contributed by atoms with Crippen LogP contribution in [0, 0.1) is 4.77 Å². The van der Waals surface area contributed by atoms with Gasteiger partial charge in [-0.05, 0) is 54.0 Å². The summed E-state index contributed by atoms with van der Waals surface area (Å²) in [4.78, 5) is 5.55. The molecule has 5 aromatic rings. The number of fused-ring (bicyclic) bond motifs is 1. The van der Waals surface area contributed by atoms with Crippen molar-refractivity contribution in [2.75, 3.05) is 0 Å². The minimum atomic E-state index is 0.511. The number of aromatic nitrogens is 6. The van der Waals surface area contributed by atoms with Gasteiger partial charge < -0.3 is 0 Å². The number of aromatic amines is 2. The lowest BCUT2D eigenvalue weighted by atomic mass is 10.1. The van der Waals surface area contributed by atoms with Crippen LogP contribution in [0.15, 0.2) is 60.1 Å². The van der Waals surface area contributed by atoms with Crippen molar-refractivity contribution in [3.63, 3.8) is 0 Å². The molecule has 0 amide bonds. The lowest BCUT2D eigenvalue weighted by molar-refractivity contribution is 1.02. The zero-order valence-corrected chi connectivity index (χ0v) is 15.0. The molecule has 0 spiro atoms. The van der Waals surface area contributed by atoms with Crippen LogP contribution in [0.25, 0.3) is 38.7 Å². The van der Waals surface area contributed by atoms with Crippen molar-refractivity contribution in [3.05, 3.63) is 64.9 Å². The third-order valence-electron chi connectivity index (χ3n) is 4.13. The summed E-state index contributed by atoms with van der Waals surface area (Å²) in [5, 5.41) is 17.9. The van der Waals surface area contributed by atoms with Crippen molar-refractivity contribution < 1.29 is 0 Å². The molecule has 0 fully saturated rings. The Morgan fingerprint density at radius 3 is 2.85 bits per heavy atom. The van der Waals surface area contributed by atoms with Gasteiger partial charge >= 0.3 is 0 Å². The maximum atomic E-state index is 5.49. The number of H-pyrrole nitrogens is 2. The van der Waals surface area contributed by atoms with Crippen LogP contribution < -0.4 is 0 Å². The summed E-state index contributed by atoms with van der Waals surface area (Å²) in [5.74, 6) is 0.658. The van der Waals surface area contributed by atoms with Crippen molar-refractivity contribution in [1.29, 1.82) is 0 Å². The van der Waals surface area contributed by atoms with Gasteiger partial charge in [0, 0.05) is 11.6 Å². The molecular formula is C18H12N6S2. The third kappa shape index (κ3) is 2.39. The number of pyridine rings is 1. The molecule has 2 N–H and O–H groups in total. The molecule has 26 heavy (non-hydrogen) atoms. The van der Waals surface area contributed by atoms with Crippen LogP contribution in [0.2, 0.25) is 0 Å². The number of hydrogen-bond donors (Lipinski definition) is 2. The van der Waals surface area contributed by atoms with Gasteiger partial charge in [0.1, 0.15) is 5.69 Å². The normalized spacial score (nSPS) is 11.2. The smallest absolute Gasteiger partial charge is 0.200 e. The molecule has 4 heterocycles. The molecule has 0 radical (unpaired) electrons. The quantitative estimate of drug-likeness (QED) is 0.451. The highest BCUT2D eigenvalue weighted by Gasteiger charge is 2.16. The molecule has 4 aromatic heterocycles. The lowest BCUT2D eigenvalue weighted by Crippen LogP contribution is -1.99. The third-order valence-corrected chi connectivity index (χ3v) is 5.31. The largest absolute Gasteiger partial charge is 0.276 e. The van der Waals surface area contributed by atoms with Crippen molar-refractivity contribution in [2.45, 2.75) is 0 Å². The van der Waals surface area contributed by atoms with Crippen LogP contribution in [0.5, 0.6) is 0 Å². The molecule has 0 aliphatic rings. The standard InChI is InChI=1S/C18H12N6S2/c25-18-23-22-17(14-10-13(20-21-14)16-7-3-9-26-16)24(18)15-6-1-5-12-11(15)4-2-8-19-12/h1-10H,(H,20,21)(H,23,25). The van der Waals surface area contributed by atoms with Gasteiger partial charge in [0.25, 0.3) is 0 Å². The first-order valence-electron chi connectivity index (χ1n) is 7.92. The molecule has 8 heteroatoms. The Balaban J connectivity index is 1.71. The number of rotatable bonds is 3. The van der Waals surface area contributed by atoms with Crippen LogP contribution in [-0.4, -0.2) is 29.9 Å². The first-order valence-corrected chi connectivity index (χ1v) is 9.21. The zero-order chi connectivity index (χ0) is 17.5. The first kappa shape index (κ1) is 15.2. The van der Waals surface area contributed by atoms with E-state index in [9.17, 15) is 0 Å². The van der Waals surface area contributed by atoms with E-state index in [1.165, 1.54) is 0 Å². The highest BCUT2D eigenvalue weighted by molar-refractivity contribution is 7.71. The summed E-state index contributed by atoms with van der Waals surface area (Å²) >= 11 is 7.15. The van der Waals surface area contributed by atoms with E-state index in [1.54, 1.807) is 17.5 Å². The second-order valence-corrected chi connectivity index (χ2v) is 7.01. The highest BCUT2D eigenvalue weighted by Crippen LogP contribution is 2.29. The molecule has 0 unspecified atom stereocenters. The van der Waals surface area contributed by atoms with E-state index in [1.807, 2.05) is 52.4 Å². The Morgan fingerprint density at radius 2 is 1.96 bits per heavy atom. The summed E-state index contributed by atoms with van der Waals surface area (Å²) in [6, 6.07) is 15.9. The number of hydrogen-bond acceptors (Lipinski definition) is 5. The molecule has 1 aromatic carbocycles. The Kier molecular flexibility index (Phi) is 3.51. The highest BCUT2D eigenvalue weighted by atomic mass is 32.1. The van der Waals surface area contributed by atoms with Gasteiger partial charge in [0.2, 0.25) is 0 Å². The van der Waals surface area contributed by atoms with Crippen LogP contribution >= 0.6 is 23.6 Å². The predicted octanol–water partition coefficient (Wildman–Crippen LogP) is 4.60. The van der Waals surface area contributed by atoms with Crippen molar-refractivity contribution >= 4 is 34.5 Å². The molecule has 0 aliphatic carbocycles. The fourth-order valence-corrected chi connectivity index (χ4v) is 3.89. The predicted molar refractivity (Wildman–Crippen MR) is 105 cm³/mol. The molecule has 5 rings (SSSR count). The number of nitrogens with zero attached hydrogens (tertiary/aromatic N) is 4. The Morgan fingerprint density at radius 1 is 1.00 bits per heavy atom. The minimum Gasteiger partial charge on any atom is -0.276 e. The molecular weight excluding hydrogens is 364 g/mol. The monoisotopic (exact) mass is 376 g/mol. The van der Waals surface area contributed by atoms with Gasteiger partial charge in [-0.15, -0.1) is 11.3 Å². The van der Waals surface area contributed by atoms with Gasteiger partial charge in [0.15, 0.2) is 10.6 Å². The summed E-state index contributed by atoms with van der Waals surface area (Å²) in [5.41, 5.74) is 3.50. The average Bonchev–Trinajstić information content (AvgIpc) is 3.41. The van der Waals surface area contributed by atoms with E-state index < -0.39 is 0 Å². The zero-order valence-electron chi connectivity index (χ0n) is 13.4. The maximum Gasteiger partial charge on any atom is 0.200 e. The molecule has 6 nitrogen and oxygen atoms in total. The van der Waals surface area contributed by atoms with Crippen molar-refractivity contribution in [1.82, 2.24) is 29.9 Å². The fourth-order valence-electron chi connectivity index (χ4n) is 2.97. The maximum absolute atomic E-state index is 5.49. The molecule has 0 saturated carbocycles. The molecule has 0 saturated heterocycles. The summed E-state index contributed by atoms with van der Waals surface area (Å²) < 4.78 is 2.41. The first-order chi connectivity index (χ1) is 12.8. The van der Waals surface area contributed by atoms with E-state index in [0.717, 1.165) is 32.9 Å². The lowest BCUT2D eigenvalue weighted by Gasteiger charge is -2.08. The van der Waals surface area contributed by atoms with Gasteiger partial charge in [0.05, 0.1) is 21.8 Å². The topological polar surface area (TPSA) is 75.2 Å². The Labute approximate surface area is 157 Å². The molecule has 126 valence electrons.